The number of hydrogen-bond donors (Lipinski definition) is 0. The molecule has 0 aromatic heterocycles. The van der Waals surface area contributed by atoms with Crippen molar-refractivity contribution >= 4 is 22.2 Å². The van der Waals surface area contributed by atoms with Crippen LogP contribution in [0.25, 0.3) is 10.8 Å². The van der Waals surface area contributed by atoms with Gasteiger partial charge in [0.05, 0.1) is 11.4 Å². The van der Waals surface area contributed by atoms with Crippen LogP contribution in [0.5, 0.6) is 0 Å². The normalized spacial score (nSPS) is 24.1. The maximum Gasteiger partial charge on any atom is 0.0789 e. The molecule has 0 radical (unpaired) electrons. The molecule has 35 heavy (non-hydrogen) atoms. The highest BCUT2D eigenvalue weighted by molar-refractivity contribution is 6.26. The summed E-state index contributed by atoms with van der Waals surface area (Å²) >= 11 is 0. The first-order valence-electron chi connectivity index (χ1n) is 14.4. The number of hydrogen-bond acceptors (Lipinski definition) is 1. The Hall–Kier alpha value is -2.41. The van der Waals surface area contributed by atoms with Gasteiger partial charge in [-0.3, -0.25) is 0 Å². The average Bonchev–Trinajstić information content (AvgIpc) is 3.67. The predicted octanol–water partition coefficient (Wildman–Crippen LogP) is 9.93. The van der Waals surface area contributed by atoms with Crippen molar-refractivity contribution in [1.29, 1.82) is 0 Å². The third-order valence-electron chi connectivity index (χ3n) is 9.85. The maximum atomic E-state index is 5.32. The van der Waals surface area contributed by atoms with Crippen LogP contribution in [0.2, 0.25) is 0 Å². The summed E-state index contributed by atoms with van der Waals surface area (Å²) in [6, 6.07) is 19.3. The third kappa shape index (κ3) is 3.78. The van der Waals surface area contributed by atoms with Crippen LogP contribution in [0.15, 0.2) is 53.5 Å². The Morgan fingerprint density at radius 1 is 0.743 bits per heavy atom. The molecule has 0 N–H and O–H groups in total. The van der Waals surface area contributed by atoms with Gasteiger partial charge in [-0.05, 0) is 108 Å². The molecule has 3 saturated carbocycles. The monoisotopic (exact) mass is 461 g/mol. The molecule has 1 heteroatoms. The summed E-state index contributed by atoms with van der Waals surface area (Å²) in [5.41, 5.74) is 10.3. The second-order valence-electron chi connectivity index (χ2n) is 12.8. The Bertz CT molecular complexity index is 1280. The van der Waals surface area contributed by atoms with Gasteiger partial charge >= 0.3 is 0 Å². The smallest absolute Gasteiger partial charge is 0.0789 e. The molecule has 3 aliphatic carbocycles. The summed E-state index contributed by atoms with van der Waals surface area (Å²) in [6.45, 7) is 4.88. The van der Waals surface area contributed by atoms with Gasteiger partial charge in [-0.15, -0.1) is 0 Å². The zero-order valence-electron chi connectivity index (χ0n) is 21.6. The highest BCUT2D eigenvalue weighted by Gasteiger charge is 2.33. The van der Waals surface area contributed by atoms with E-state index in [4.69, 9.17) is 4.99 Å². The van der Waals surface area contributed by atoms with Gasteiger partial charge in [0, 0.05) is 16.5 Å². The standard InChI is InChI=1S/C34H39N/c1-34(2)17-16-24(21-34)28-14-15-31-32-29(28)12-7-13-30(32)33(35-31)27-19-25(22-8-3-4-9-22)18-26(20-27)23-10-5-6-11-23/h7,12-15,18-20,22-24H,3-6,8-11,16-17,21H2,1-2H3. The van der Waals surface area contributed by atoms with Crippen molar-refractivity contribution in [3.8, 4) is 0 Å². The van der Waals surface area contributed by atoms with E-state index in [-0.39, 0.29) is 0 Å². The van der Waals surface area contributed by atoms with E-state index in [1.807, 2.05) is 0 Å². The molecule has 1 aliphatic heterocycles. The first kappa shape index (κ1) is 21.8. The van der Waals surface area contributed by atoms with E-state index in [0.717, 1.165) is 11.8 Å². The highest BCUT2D eigenvalue weighted by Crippen LogP contribution is 2.50. The molecule has 0 amide bonds. The quantitative estimate of drug-likeness (QED) is 0.287. The molecular weight excluding hydrogens is 422 g/mol. The van der Waals surface area contributed by atoms with Crippen molar-refractivity contribution in [1.82, 2.24) is 0 Å². The van der Waals surface area contributed by atoms with Crippen molar-refractivity contribution in [3.05, 3.63) is 76.3 Å². The maximum absolute atomic E-state index is 5.32. The lowest BCUT2D eigenvalue weighted by atomic mass is 9.85. The number of aliphatic imine (C=N–C) groups is 1. The minimum absolute atomic E-state index is 0.465. The van der Waals surface area contributed by atoms with Gasteiger partial charge in [0.25, 0.3) is 0 Å². The molecule has 0 spiro atoms. The van der Waals surface area contributed by atoms with E-state index < -0.39 is 0 Å². The molecule has 7 rings (SSSR count). The minimum atomic E-state index is 0.465. The number of nitrogens with zero attached hydrogens (tertiary/aromatic N) is 1. The Labute approximate surface area is 211 Å². The summed E-state index contributed by atoms with van der Waals surface area (Å²) in [4.78, 5) is 5.32. The largest absolute Gasteiger partial charge is 0.247 e. The molecule has 1 heterocycles. The molecule has 3 fully saturated rings. The Morgan fingerprint density at radius 2 is 1.43 bits per heavy atom. The van der Waals surface area contributed by atoms with Gasteiger partial charge in [-0.1, -0.05) is 69.9 Å². The average molecular weight is 462 g/mol. The van der Waals surface area contributed by atoms with E-state index in [9.17, 15) is 0 Å². The summed E-state index contributed by atoms with van der Waals surface area (Å²) in [6.07, 6.45) is 14.9. The molecule has 180 valence electrons. The molecule has 0 saturated heterocycles. The van der Waals surface area contributed by atoms with E-state index in [0.29, 0.717) is 11.3 Å². The molecular formula is C34H39N. The molecule has 1 atom stereocenters. The Morgan fingerprint density at radius 3 is 2.06 bits per heavy atom. The van der Waals surface area contributed by atoms with Gasteiger partial charge in [0.15, 0.2) is 0 Å². The van der Waals surface area contributed by atoms with E-state index in [1.54, 1.807) is 16.7 Å². The summed E-state index contributed by atoms with van der Waals surface area (Å²) in [5.74, 6) is 2.17. The second-order valence-corrected chi connectivity index (χ2v) is 12.8. The van der Waals surface area contributed by atoms with Crippen LogP contribution in [-0.4, -0.2) is 5.71 Å². The van der Waals surface area contributed by atoms with Gasteiger partial charge in [0.2, 0.25) is 0 Å². The number of benzene rings is 3. The lowest BCUT2D eigenvalue weighted by molar-refractivity contribution is 0.376. The highest BCUT2D eigenvalue weighted by atomic mass is 14.8. The van der Waals surface area contributed by atoms with E-state index in [2.05, 4.69) is 62.4 Å². The first-order valence-corrected chi connectivity index (χ1v) is 14.4. The van der Waals surface area contributed by atoms with Crippen molar-refractivity contribution in [2.75, 3.05) is 0 Å². The summed E-state index contributed by atoms with van der Waals surface area (Å²) < 4.78 is 0. The molecule has 3 aromatic carbocycles. The van der Waals surface area contributed by atoms with Crippen molar-refractivity contribution in [2.24, 2.45) is 10.4 Å². The van der Waals surface area contributed by atoms with Crippen LogP contribution >= 0.6 is 0 Å². The summed E-state index contributed by atoms with van der Waals surface area (Å²) in [7, 11) is 0. The van der Waals surface area contributed by atoms with Gasteiger partial charge in [0.1, 0.15) is 0 Å². The number of rotatable bonds is 4. The second kappa shape index (κ2) is 8.32. The topological polar surface area (TPSA) is 12.4 Å². The first-order chi connectivity index (χ1) is 17.1. The molecule has 3 aromatic rings. The SMILES string of the molecule is CC1(C)CCC(c2ccc3c4c(cccc24)C(c2cc(C4CCCC4)cc(C4CCCC4)c2)=N3)C1. The van der Waals surface area contributed by atoms with Gasteiger partial charge in [-0.2, -0.15) is 0 Å². The zero-order chi connectivity index (χ0) is 23.6. The van der Waals surface area contributed by atoms with Gasteiger partial charge < -0.3 is 0 Å². The van der Waals surface area contributed by atoms with Crippen LogP contribution in [0.3, 0.4) is 0 Å². The van der Waals surface area contributed by atoms with Crippen molar-refractivity contribution < 1.29 is 0 Å². The van der Waals surface area contributed by atoms with Crippen molar-refractivity contribution in [3.63, 3.8) is 0 Å². The van der Waals surface area contributed by atoms with Crippen LogP contribution in [0.4, 0.5) is 5.69 Å². The van der Waals surface area contributed by atoms with Crippen LogP contribution in [-0.2, 0) is 0 Å². The van der Waals surface area contributed by atoms with E-state index >= 15 is 0 Å². The van der Waals surface area contributed by atoms with Crippen LogP contribution < -0.4 is 0 Å². The fourth-order valence-electron chi connectivity index (χ4n) is 7.96. The molecule has 1 unspecified atom stereocenters. The summed E-state index contributed by atoms with van der Waals surface area (Å²) in [5, 5.41) is 2.85. The van der Waals surface area contributed by atoms with Crippen molar-refractivity contribution in [2.45, 2.75) is 102 Å². The molecule has 0 bridgehead atoms. The molecule has 4 aliphatic rings. The fourth-order valence-corrected chi connectivity index (χ4v) is 7.96. The Kier molecular flexibility index (Phi) is 5.19. The van der Waals surface area contributed by atoms with Crippen LogP contribution in [0, 0.1) is 5.41 Å². The van der Waals surface area contributed by atoms with Gasteiger partial charge in [-0.25, -0.2) is 4.99 Å². The minimum Gasteiger partial charge on any atom is -0.247 e. The molecule has 1 nitrogen and oxygen atoms in total. The predicted molar refractivity (Wildman–Crippen MR) is 148 cm³/mol. The van der Waals surface area contributed by atoms with Crippen LogP contribution in [0.1, 0.15) is 130 Å². The third-order valence-corrected chi connectivity index (χ3v) is 9.85. The lowest BCUT2D eigenvalue weighted by Gasteiger charge is -2.19. The lowest BCUT2D eigenvalue weighted by Crippen LogP contribution is -2.06. The fraction of sp³-hybridized carbons (Fsp3) is 0.500. The zero-order valence-corrected chi connectivity index (χ0v) is 21.6. The Balaban J connectivity index is 1.33. The van der Waals surface area contributed by atoms with E-state index in [1.165, 1.54) is 104 Å².